The summed E-state index contributed by atoms with van der Waals surface area (Å²) in [4.78, 5) is 28.3. The van der Waals surface area contributed by atoms with Crippen LogP contribution in [0.1, 0.15) is 56.6 Å². The van der Waals surface area contributed by atoms with Crippen molar-refractivity contribution in [2.75, 3.05) is 33.4 Å². The van der Waals surface area contributed by atoms with Crippen LogP contribution in [0.2, 0.25) is 5.02 Å². The van der Waals surface area contributed by atoms with Gasteiger partial charge < -0.3 is 19.5 Å². The van der Waals surface area contributed by atoms with Gasteiger partial charge in [-0.05, 0) is 86.8 Å². The van der Waals surface area contributed by atoms with Crippen molar-refractivity contribution >= 4 is 33.6 Å². The number of nitrogens with zero attached hydrogens (tertiary/aromatic N) is 2. The number of nitrogens with one attached hydrogen (secondary N) is 1. The molecule has 1 spiro atoms. The predicted octanol–water partition coefficient (Wildman–Crippen LogP) is 4.68. The molecule has 12 heteroatoms. The lowest BCUT2D eigenvalue weighted by atomic mass is 9.69. The molecule has 6 rings (SSSR count). The molecule has 44 heavy (non-hydrogen) atoms. The van der Waals surface area contributed by atoms with Crippen molar-refractivity contribution in [3.05, 3.63) is 74.4 Å². The number of amides is 2. The number of hydrogen-bond acceptors (Lipinski definition) is 7. The Morgan fingerprint density at radius 1 is 1.25 bits per heavy atom. The van der Waals surface area contributed by atoms with Gasteiger partial charge in [0.05, 0.1) is 30.9 Å². The minimum Gasteiger partial charge on any atom is -0.495 e. The van der Waals surface area contributed by atoms with E-state index in [-0.39, 0.29) is 35.1 Å². The first-order valence-corrected chi connectivity index (χ1v) is 17.0. The second-order valence-electron chi connectivity index (χ2n) is 12.5. The minimum absolute atomic E-state index is 0.0700. The summed E-state index contributed by atoms with van der Waals surface area (Å²) >= 11 is 6.39. The van der Waals surface area contributed by atoms with Crippen LogP contribution in [0.4, 0.5) is 4.79 Å². The summed E-state index contributed by atoms with van der Waals surface area (Å²) in [7, 11) is -2.65. The quantitative estimate of drug-likeness (QED) is 0.423. The number of halogens is 1. The van der Waals surface area contributed by atoms with E-state index < -0.39 is 28.1 Å². The molecule has 3 aliphatic carbocycles. The number of carboxylic acid groups (broad SMARTS) is 1. The van der Waals surface area contributed by atoms with Gasteiger partial charge in [0, 0.05) is 35.9 Å². The Kier molecular flexibility index (Phi) is 8.24. The lowest BCUT2D eigenvalue weighted by Crippen LogP contribution is -2.49. The highest BCUT2D eigenvalue weighted by Crippen LogP contribution is 2.46. The summed E-state index contributed by atoms with van der Waals surface area (Å²) in [5, 5.41) is 10.5. The number of benzene rings is 1. The second kappa shape index (κ2) is 11.8. The third-order valence-electron chi connectivity index (χ3n) is 9.91. The molecule has 5 aliphatic rings. The molecule has 0 aromatic heterocycles. The fraction of sp³-hybridized carbons (Fsp3) is 0.531. The van der Waals surface area contributed by atoms with Crippen LogP contribution < -0.4 is 4.72 Å². The summed E-state index contributed by atoms with van der Waals surface area (Å²) in [6.07, 6.45) is 7.10. The summed E-state index contributed by atoms with van der Waals surface area (Å²) in [5.41, 5.74) is 6.02. The number of rotatable bonds is 1. The van der Waals surface area contributed by atoms with Crippen LogP contribution in [0.25, 0.3) is 0 Å². The standard InChI is InChI=1S/C32H38ClN3O7S/c1-20-30(37)34-44(40,41)24-9-12-29-27(16-24)35(17-22-7-10-25(22)28(42-2)6-4-14-36(20)31(38)39)18-32(19-43-29)13-3-5-21-15-23(33)8-11-26(21)32/h4,8,11,15-16,20,22,25H,3,5,7,9-10,12-14,17-19H2,1-2H3,(H,34,37)(H,38,39)/t6?,20-,22-,25+,32-/m0/s1. The molecule has 2 N–H and O–H groups in total. The predicted molar refractivity (Wildman–Crippen MR) is 164 cm³/mol. The van der Waals surface area contributed by atoms with Crippen LogP contribution >= 0.6 is 11.6 Å². The van der Waals surface area contributed by atoms with Crippen molar-refractivity contribution in [2.24, 2.45) is 11.8 Å². The summed E-state index contributed by atoms with van der Waals surface area (Å²) in [6, 6.07) is 4.84. The Bertz CT molecular complexity index is 1610. The molecule has 236 valence electrons. The Morgan fingerprint density at radius 3 is 2.80 bits per heavy atom. The number of carbonyl (C=O) groups is 2. The largest absolute Gasteiger partial charge is 0.495 e. The monoisotopic (exact) mass is 643 g/mol. The fourth-order valence-electron chi connectivity index (χ4n) is 7.34. The Labute approximate surface area is 263 Å². The van der Waals surface area contributed by atoms with Crippen LogP contribution in [-0.4, -0.2) is 74.7 Å². The van der Waals surface area contributed by atoms with Crippen molar-refractivity contribution in [1.29, 1.82) is 0 Å². The minimum atomic E-state index is -4.24. The van der Waals surface area contributed by atoms with Crippen molar-refractivity contribution in [1.82, 2.24) is 14.5 Å². The van der Waals surface area contributed by atoms with E-state index in [2.05, 4.69) is 21.4 Å². The maximum absolute atomic E-state index is 13.5. The molecule has 2 aliphatic heterocycles. The van der Waals surface area contributed by atoms with Gasteiger partial charge >= 0.3 is 6.09 Å². The Morgan fingerprint density at radius 2 is 2.07 bits per heavy atom. The zero-order valence-electron chi connectivity index (χ0n) is 25.0. The van der Waals surface area contributed by atoms with E-state index in [4.69, 9.17) is 21.1 Å². The smallest absolute Gasteiger partial charge is 0.408 e. The first kappa shape index (κ1) is 30.6. The van der Waals surface area contributed by atoms with Gasteiger partial charge in [0.1, 0.15) is 17.6 Å². The zero-order valence-corrected chi connectivity index (χ0v) is 26.5. The topological polar surface area (TPSA) is 125 Å². The highest BCUT2D eigenvalue weighted by atomic mass is 35.5. The number of hydrogen-bond donors (Lipinski definition) is 2. The molecule has 2 amide bonds. The Balaban J connectivity index is 1.44. The number of carbonyl (C=O) groups excluding carboxylic acids is 1. The fourth-order valence-corrected chi connectivity index (χ4v) is 8.74. The van der Waals surface area contributed by atoms with Gasteiger partial charge in [-0.15, -0.1) is 0 Å². The number of methoxy groups -OCH3 is 1. The average Bonchev–Trinajstić information content (AvgIpc) is 3.12. The molecular weight excluding hydrogens is 606 g/mol. The molecule has 1 fully saturated rings. The third-order valence-corrected chi connectivity index (χ3v) is 11.6. The molecule has 2 heterocycles. The van der Waals surface area contributed by atoms with Gasteiger partial charge in [0.15, 0.2) is 0 Å². The maximum atomic E-state index is 13.5. The first-order chi connectivity index (χ1) is 21.0. The third kappa shape index (κ3) is 5.61. The van der Waals surface area contributed by atoms with Crippen LogP contribution in [0.15, 0.2) is 58.2 Å². The average molecular weight is 644 g/mol. The zero-order chi connectivity index (χ0) is 31.2. The second-order valence-corrected chi connectivity index (χ2v) is 14.6. The van der Waals surface area contributed by atoms with Crippen molar-refractivity contribution in [2.45, 2.75) is 63.3 Å². The molecule has 0 unspecified atom stereocenters. The summed E-state index contributed by atoms with van der Waals surface area (Å²) < 4.78 is 41.5. The number of ether oxygens (including phenoxy) is 2. The number of fused-ring (bicyclic) bond motifs is 3. The first-order valence-electron chi connectivity index (χ1n) is 15.2. The molecule has 1 saturated carbocycles. The van der Waals surface area contributed by atoms with E-state index in [9.17, 15) is 23.1 Å². The van der Waals surface area contributed by atoms with Gasteiger partial charge in [-0.25, -0.2) is 17.9 Å². The number of sulfonamides is 1. The van der Waals surface area contributed by atoms with Crippen LogP contribution in [-0.2, 0) is 36.1 Å². The maximum Gasteiger partial charge on any atom is 0.408 e. The van der Waals surface area contributed by atoms with E-state index in [1.165, 1.54) is 24.1 Å². The molecule has 0 radical (unpaired) electrons. The lowest BCUT2D eigenvalue weighted by molar-refractivity contribution is -0.123. The van der Waals surface area contributed by atoms with Gasteiger partial charge in [-0.2, -0.15) is 0 Å². The highest BCUT2D eigenvalue weighted by molar-refractivity contribution is 7.93. The van der Waals surface area contributed by atoms with Crippen molar-refractivity contribution in [3.63, 3.8) is 0 Å². The van der Waals surface area contributed by atoms with E-state index in [0.29, 0.717) is 36.9 Å². The number of allylic oxidation sites excluding steroid dienone is 3. The van der Waals surface area contributed by atoms with Crippen LogP contribution in [0.3, 0.4) is 0 Å². The van der Waals surface area contributed by atoms with E-state index in [1.54, 1.807) is 13.2 Å². The lowest BCUT2D eigenvalue weighted by Gasteiger charge is -2.45. The Hall–Kier alpha value is -3.40. The van der Waals surface area contributed by atoms with E-state index >= 15 is 0 Å². The van der Waals surface area contributed by atoms with Crippen molar-refractivity contribution in [3.8, 4) is 0 Å². The molecule has 1 aromatic carbocycles. The van der Waals surface area contributed by atoms with Gasteiger partial charge in [-0.3, -0.25) is 9.69 Å². The van der Waals surface area contributed by atoms with Gasteiger partial charge in [-0.1, -0.05) is 23.4 Å². The van der Waals surface area contributed by atoms with Gasteiger partial charge in [0.2, 0.25) is 0 Å². The van der Waals surface area contributed by atoms with Crippen LogP contribution in [0.5, 0.6) is 0 Å². The van der Waals surface area contributed by atoms with E-state index in [1.807, 2.05) is 12.1 Å². The molecule has 4 atom stereocenters. The summed E-state index contributed by atoms with van der Waals surface area (Å²) in [5.74, 6) is 0.749. The molecule has 2 bridgehead atoms. The van der Waals surface area contributed by atoms with Gasteiger partial charge in [0.25, 0.3) is 15.9 Å². The molecule has 0 saturated heterocycles. The molecule has 1 aromatic rings. The SMILES string of the molecule is COC1=C=CCN(C(=O)O)[C@@H](C)C(=O)NS(=O)(=O)C2=CC3=C(CC2)OC[C@]2(CCCc4cc(Cl)ccc42)CN3C[C@@H]2CC[C@@H]12. The normalized spacial score (nSPS) is 30.1. The highest BCUT2D eigenvalue weighted by Gasteiger charge is 2.45. The molecule has 10 nitrogen and oxygen atoms in total. The molecular formula is C32H38ClN3O7S. The summed E-state index contributed by atoms with van der Waals surface area (Å²) in [6.45, 7) is 2.99. The van der Waals surface area contributed by atoms with E-state index in [0.717, 1.165) is 48.5 Å². The van der Waals surface area contributed by atoms with Crippen LogP contribution in [0, 0.1) is 11.8 Å². The number of aryl methyl sites for hydroxylation is 1. The van der Waals surface area contributed by atoms with Crippen molar-refractivity contribution < 1.29 is 32.6 Å².